The van der Waals surface area contributed by atoms with E-state index in [4.69, 9.17) is 9.47 Å². The number of carbonyl (C=O) groups is 3. The number of halogens is 1. The molecule has 6 nitrogen and oxygen atoms in total. The molecule has 0 spiro atoms. The second-order valence-electron chi connectivity index (χ2n) is 8.39. The van der Waals surface area contributed by atoms with E-state index < -0.39 is 28.6 Å². The zero-order chi connectivity index (χ0) is 23.4. The van der Waals surface area contributed by atoms with Gasteiger partial charge in [-0.15, -0.1) is 0 Å². The van der Waals surface area contributed by atoms with Gasteiger partial charge in [-0.1, -0.05) is 46.3 Å². The molecule has 166 valence electrons. The van der Waals surface area contributed by atoms with Crippen molar-refractivity contribution in [3.8, 4) is 11.5 Å². The van der Waals surface area contributed by atoms with Crippen molar-refractivity contribution >= 4 is 39.3 Å². The Bertz CT molecular complexity index is 1290. The molecule has 0 bridgehead atoms. The number of fused-ring (bicyclic) bond motifs is 3. The number of anilines is 1. The average molecular weight is 506 g/mol. The van der Waals surface area contributed by atoms with Crippen LogP contribution in [0, 0.1) is 10.8 Å². The third kappa shape index (κ3) is 2.95. The lowest BCUT2D eigenvalue weighted by atomic mass is 9.86. The van der Waals surface area contributed by atoms with E-state index in [-0.39, 0.29) is 5.78 Å². The second-order valence-corrected chi connectivity index (χ2v) is 9.31. The van der Waals surface area contributed by atoms with E-state index in [0.717, 1.165) is 4.47 Å². The molecule has 33 heavy (non-hydrogen) atoms. The lowest BCUT2D eigenvalue weighted by molar-refractivity contribution is -0.147. The van der Waals surface area contributed by atoms with Gasteiger partial charge in [-0.05, 0) is 49.4 Å². The first-order valence-corrected chi connectivity index (χ1v) is 11.2. The molecule has 3 aromatic carbocycles. The lowest BCUT2D eigenvalue weighted by Crippen LogP contribution is -2.42. The van der Waals surface area contributed by atoms with Gasteiger partial charge in [0.25, 0.3) is 0 Å². The van der Waals surface area contributed by atoms with Crippen LogP contribution in [0.4, 0.5) is 5.69 Å². The fraction of sp³-hybridized carbons (Fsp3) is 0.192. The van der Waals surface area contributed by atoms with E-state index in [1.54, 1.807) is 74.7 Å². The molecule has 3 aromatic rings. The number of amides is 1. The molecule has 0 unspecified atom stereocenters. The molecule has 0 radical (unpaired) electrons. The summed E-state index contributed by atoms with van der Waals surface area (Å²) in [7, 11) is 1.55. The van der Waals surface area contributed by atoms with Crippen molar-refractivity contribution in [3.05, 3.63) is 88.4 Å². The first-order valence-electron chi connectivity index (χ1n) is 10.4. The van der Waals surface area contributed by atoms with Gasteiger partial charge in [-0.3, -0.25) is 14.4 Å². The summed E-state index contributed by atoms with van der Waals surface area (Å²) in [5.74, 6) is -1.19. The molecule has 1 heterocycles. The van der Waals surface area contributed by atoms with Crippen molar-refractivity contribution in [1.82, 2.24) is 0 Å². The van der Waals surface area contributed by atoms with Crippen molar-refractivity contribution in [2.75, 3.05) is 12.4 Å². The normalized spacial score (nSPS) is 24.7. The van der Waals surface area contributed by atoms with Crippen LogP contribution < -0.4 is 14.8 Å². The Labute approximate surface area is 199 Å². The predicted octanol–water partition coefficient (Wildman–Crippen LogP) is 4.99. The number of esters is 1. The minimum Gasteiger partial charge on any atom is -0.497 e. The van der Waals surface area contributed by atoms with Gasteiger partial charge in [-0.2, -0.15) is 0 Å². The van der Waals surface area contributed by atoms with Crippen LogP contribution in [0.25, 0.3) is 0 Å². The summed E-state index contributed by atoms with van der Waals surface area (Å²) < 4.78 is 11.6. The molecular formula is C26H20BrNO5. The second kappa shape index (κ2) is 7.56. The van der Waals surface area contributed by atoms with Crippen LogP contribution in [-0.4, -0.2) is 24.8 Å². The van der Waals surface area contributed by atoms with Crippen LogP contribution in [0.15, 0.2) is 77.3 Å². The Balaban J connectivity index is 1.60. The van der Waals surface area contributed by atoms with Crippen LogP contribution in [0.1, 0.15) is 28.8 Å². The molecule has 1 saturated carbocycles. The van der Waals surface area contributed by atoms with Gasteiger partial charge < -0.3 is 14.8 Å². The SMILES string of the molecule is COc1ccc(NC(=O)[C@]23C(=O)Oc4ccccc4[C@@H]2[C@@]3(C)C(=O)c2ccc(Br)cc2)cc1. The summed E-state index contributed by atoms with van der Waals surface area (Å²) in [6.07, 6.45) is 0. The fourth-order valence-corrected chi connectivity index (χ4v) is 5.32. The molecule has 1 fully saturated rings. The molecule has 0 aromatic heterocycles. The molecule has 1 amide bonds. The van der Waals surface area contributed by atoms with Crippen molar-refractivity contribution in [3.63, 3.8) is 0 Å². The Morgan fingerprint density at radius 3 is 2.33 bits per heavy atom. The molecule has 0 saturated heterocycles. The van der Waals surface area contributed by atoms with Gasteiger partial charge >= 0.3 is 5.97 Å². The van der Waals surface area contributed by atoms with Gasteiger partial charge in [0.05, 0.1) is 12.5 Å². The summed E-state index contributed by atoms with van der Waals surface area (Å²) >= 11 is 3.38. The zero-order valence-electron chi connectivity index (χ0n) is 17.9. The Hall–Kier alpha value is -3.45. The molecular weight excluding hydrogens is 486 g/mol. The number of ether oxygens (including phenoxy) is 2. The highest BCUT2D eigenvalue weighted by Gasteiger charge is 2.88. The number of hydrogen-bond acceptors (Lipinski definition) is 5. The number of nitrogens with one attached hydrogen (secondary N) is 1. The maximum atomic E-state index is 13.8. The number of benzene rings is 3. The first-order chi connectivity index (χ1) is 15.8. The number of Topliss-reactive ketones (excluding diaryl/α,β-unsaturated/α-hetero) is 1. The summed E-state index contributed by atoms with van der Waals surface area (Å²) in [6, 6.07) is 20.7. The van der Waals surface area contributed by atoms with Gasteiger partial charge in [-0.25, -0.2) is 0 Å². The Morgan fingerprint density at radius 2 is 1.67 bits per heavy atom. The molecule has 1 aliphatic heterocycles. The third-order valence-electron chi connectivity index (χ3n) is 6.78. The highest BCUT2D eigenvalue weighted by atomic mass is 79.9. The van der Waals surface area contributed by atoms with E-state index in [9.17, 15) is 14.4 Å². The van der Waals surface area contributed by atoms with Crippen LogP contribution in [0.5, 0.6) is 11.5 Å². The molecule has 7 heteroatoms. The number of methoxy groups -OCH3 is 1. The number of para-hydroxylation sites is 1. The molecule has 3 atom stereocenters. The van der Waals surface area contributed by atoms with E-state index in [2.05, 4.69) is 21.2 Å². The maximum Gasteiger partial charge on any atom is 0.328 e. The summed E-state index contributed by atoms with van der Waals surface area (Å²) in [5.41, 5.74) is -1.38. The van der Waals surface area contributed by atoms with E-state index in [1.165, 1.54) is 0 Å². The average Bonchev–Trinajstić information content (AvgIpc) is 3.43. The minimum atomic E-state index is -1.68. The number of hydrogen-bond donors (Lipinski definition) is 1. The topological polar surface area (TPSA) is 81.7 Å². The van der Waals surface area contributed by atoms with Crippen molar-refractivity contribution in [2.45, 2.75) is 12.8 Å². The number of carbonyl (C=O) groups excluding carboxylic acids is 3. The molecule has 1 N–H and O–H groups in total. The number of rotatable bonds is 5. The highest BCUT2D eigenvalue weighted by molar-refractivity contribution is 9.10. The Kier molecular flexibility index (Phi) is 4.90. The largest absolute Gasteiger partial charge is 0.497 e. The van der Waals surface area contributed by atoms with Crippen LogP contribution >= 0.6 is 15.9 Å². The third-order valence-corrected chi connectivity index (χ3v) is 7.31. The van der Waals surface area contributed by atoms with Crippen molar-refractivity contribution < 1.29 is 23.9 Å². The van der Waals surface area contributed by atoms with E-state index >= 15 is 0 Å². The molecule has 2 aliphatic rings. The van der Waals surface area contributed by atoms with Gasteiger partial charge in [0.15, 0.2) is 11.2 Å². The monoisotopic (exact) mass is 505 g/mol. The molecule has 5 rings (SSSR count). The summed E-state index contributed by atoms with van der Waals surface area (Å²) in [5, 5.41) is 2.82. The quantitative estimate of drug-likeness (QED) is 0.228. The van der Waals surface area contributed by atoms with Crippen molar-refractivity contribution in [2.24, 2.45) is 10.8 Å². The van der Waals surface area contributed by atoms with Gasteiger partial charge in [0, 0.05) is 27.2 Å². The first kappa shape index (κ1) is 21.4. The van der Waals surface area contributed by atoms with Crippen LogP contribution in [0.2, 0.25) is 0 Å². The van der Waals surface area contributed by atoms with Crippen LogP contribution in [0.3, 0.4) is 0 Å². The summed E-state index contributed by atoms with van der Waals surface area (Å²) in [6.45, 7) is 1.68. The Morgan fingerprint density at radius 1 is 1.00 bits per heavy atom. The van der Waals surface area contributed by atoms with Crippen LogP contribution in [-0.2, 0) is 9.59 Å². The molecule has 1 aliphatic carbocycles. The van der Waals surface area contributed by atoms with Crippen molar-refractivity contribution in [1.29, 1.82) is 0 Å². The zero-order valence-corrected chi connectivity index (χ0v) is 19.5. The minimum absolute atomic E-state index is 0.279. The predicted molar refractivity (Wildman–Crippen MR) is 125 cm³/mol. The standard InChI is InChI=1S/C26H20BrNO5/c1-25(22(29)15-7-9-16(27)10-8-15)21-19-5-3-4-6-20(19)33-24(31)26(21,25)23(30)28-17-11-13-18(32-2)14-12-17/h3-14,21H,1-2H3,(H,28,30)/t21-,25+,26+/m1/s1. The highest BCUT2D eigenvalue weighted by Crippen LogP contribution is 2.78. The number of ketones is 1. The van der Waals surface area contributed by atoms with Gasteiger partial charge in [0.1, 0.15) is 11.5 Å². The van der Waals surface area contributed by atoms with Gasteiger partial charge in [0.2, 0.25) is 5.91 Å². The van der Waals surface area contributed by atoms with E-state index in [0.29, 0.717) is 28.3 Å². The van der Waals surface area contributed by atoms with E-state index in [1.807, 2.05) is 12.1 Å². The summed E-state index contributed by atoms with van der Waals surface area (Å²) in [4.78, 5) is 40.9. The fourth-order valence-electron chi connectivity index (χ4n) is 5.06. The smallest absolute Gasteiger partial charge is 0.328 e. The lowest BCUT2D eigenvalue weighted by Gasteiger charge is -2.23. The maximum absolute atomic E-state index is 13.8.